The lowest BCUT2D eigenvalue weighted by Gasteiger charge is -2.28. The van der Waals surface area contributed by atoms with Crippen molar-refractivity contribution >= 4 is 41.4 Å². The number of aliphatic hydroxyl groups is 1. The summed E-state index contributed by atoms with van der Waals surface area (Å²) in [5.74, 6) is -4.43. The number of rotatable bonds is 14. The number of nitrogens with one attached hydrogen (secondary N) is 3. The van der Waals surface area contributed by atoms with E-state index in [9.17, 15) is 34.2 Å². The molecule has 0 spiro atoms. The number of nitrogens with two attached hydrogens (primary N) is 2. The molecule has 5 atom stereocenters. The SMILES string of the molecule is CSCCC(NC(=O)C(NC(=O)C(NC(=O)C(N)CC(N)=O)C(C)C)C(C)O)C(=O)O. The number of hydrogen-bond donors (Lipinski definition) is 7. The van der Waals surface area contributed by atoms with E-state index in [2.05, 4.69) is 16.0 Å². The van der Waals surface area contributed by atoms with Gasteiger partial charge in [-0.2, -0.15) is 11.8 Å². The highest BCUT2D eigenvalue weighted by Crippen LogP contribution is 2.06. The Morgan fingerprint density at radius 2 is 1.45 bits per heavy atom. The molecule has 178 valence electrons. The van der Waals surface area contributed by atoms with Crippen LogP contribution in [0.5, 0.6) is 0 Å². The number of carboxylic acids is 1. The summed E-state index contributed by atoms with van der Waals surface area (Å²) >= 11 is 1.41. The van der Waals surface area contributed by atoms with Gasteiger partial charge in [0, 0.05) is 0 Å². The van der Waals surface area contributed by atoms with Gasteiger partial charge >= 0.3 is 5.97 Å². The van der Waals surface area contributed by atoms with Gasteiger partial charge in [-0.25, -0.2) is 4.79 Å². The van der Waals surface area contributed by atoms with Crippen LogP contribution in [-0.2, 0) is 24.0 Å². The van der Waals surface area contributed by atoms with E-state index in [4.69, 9.17) is 11.5 Å². The fraction of sp³-hybridized carbons (Fsp3) is 0.722. The molecule has 0 aromatic carbocycles. The second-order valence-corrected chi connectivity index (χ2v) is 8.40. The van der Waals surface area contributed by atoms with E-state index in [1.807, 2.05) is 0 Å². The minimum Gasteiger partial charge on any atom is -0.480 e. The Labute approximate surface area is 185 Å². The Bertz CT molecular complexity index is 659. The van der Waals surface area contributed by atoms with E-state index in [1.54, 1.807) is 20.1 Å². The van der Waals surface area contributed by atoms with E-state index in [0.29, 0.717) is 5.75 Å². The number of aliphatic hydroxyl groups excluding tert-OH is 1. The molecule has 0 aliphatic rings. The Morgan fingerprint density at radius 3 is 1.87 bits per heavy atom. The fourth-order valence-electron chi connectivity index (χ4n) is 2.51. The molecule has 0 fully saturated rings. The lowest BCUT2D eigenvalue weighted by molar-refractivity contribution is -0.143. The number of carbonyl (C=O) groups excluding carboxylic acids is 4. The molecule has 0 radical (unpaired) electrons. The van der Waals surface area contributed by atoms with Gasteiger partial charge in [0.15, 0.2) is 0 Å². The third-order valence-corrected chi connectivity index (χ3v) is 4.94. The number of primary amides is 1. The fourth-order valence-corrected chi connectivity index (χ4v) is 2.98. The van der Waals surface area contributed by atoms with Crippen molar-refractivity contribution in [3.8, 4) is 0 Å². The highest BCUT2D eigenvalue weighted by atomic mass is 32.2. The minimum absolute atomic E-state index is 0.158. The summed E-state index contributed by atoms with van der Waals surface area (Å²) in [6.45, 7) is 4.52. The number of amides is 4. The van der Waals surface area contributed by atoms with Crippen LogP contribution in [0.2, 0.25) is 0 Å². The standard InChI is InChI=1S/C18H33N5O7S/c1-8(2)13(22-15(26)10(19)7-12(20)25)16(27)23-14(9(3)24)17(28)21-11(18(29)30)5-6-31-4/h8-11,13-14,24H,5-7,19H2,1-4H3,(H2,20,25)(H,21,28)(H,22,26)(H,23,27)(H,29,30). The number of aliphatic carboxylic acids is 1. The molecule has 0 aliphatic carbocycles. The molecular weight excluding hydrogens is 430 g/mol. The molecule has 31 heavy (non-hydrogen) atoms. The summed E-state index contributed by atoms with van der Waals surface area (Å²) in [6.07, 6.45) is 0.184. The first-order valence-electron chi connectivity index (χ1n) is 9.66. The highest BCUT2D eigenvalue weighted by molar-refractivity contribution is 7.98. The smallest absolute Gasteiger partial charge is 0.326 e. The van der Waals surface area contributed by atoms with Gasteiger partial charge in [-0.05, 0) is 31.3 Å². The molecule has 0 aromatic heterocycles. The molecule has 9 N–H and O–H groups in total. The molecule has 0 aromatic rings. The van der Waals surface area contributed by atoms with Crippen LogP contribution < -0.4 is 27.4 Å². The summed E-state index contributed by atoms with van der Waals surface area (Å²) in [6, 6.07) is -5.03. The topological polar surface area (TPSA) is 214 Å². The van der Waals surface area contributed by atoms with E-state index < -0.39 is 72.2 Å². The van der Waals surface area contributed by atoms with Gasteiger partial charge < -0.3 is 37.6 Å². The minimum atomic E-state index is -1.46. The summed E-state index contributed by atoms with van der Waals surface area (Å²) in [5.41, 5.74) is 10.6. The van der Waals surface area contributed by atoms with Crippen molar-refractivity contribution in [3.63, 3.8) is 0 Å². The average molecular weight is 464 g/mol. The molecule has 4 amide bonds. The van der Waals surface area contributed by atoms with Gasteiger partial charge in [-0.3, -0.25) is 19.2 Å². The third kappa shape index (κ3) is 10.5. The number of thioether (sulfide) groups is 1. The zero-order valence-electron chi connectivity index (χ0n) is 18.1. The maximum atomic E-state index is 12.7. The number of carboxylic acid groups (broad SMARTS) is 1. The summed E-state index contributed by atoms with van der Waals surface area (Å²) < 4.78 is 0. The van der Waals surface area contributed by atoms with Crippen LogP contribution in [0.25, 0.3) is 0 Å². The highest BCUT2D eigenvalue weighted by Gasteiger charge is 2.33. The molecule has 0 heterocycles. The maximum Gasteiger partial charge on any atom is 0.326 e. The summed E-state index contributed by atoms with van der Waals surface area (Å²) in [5, 5.41) is 26.3. The van der Waals surface area contributed by atoms with Crippen LogP contribution in [0.1, 0.15) is 33.6 Å². The zero-order valence-corrected chi connectivity index (χ0v) is 18.9. The first-order chi connectivity index (χ1) is 14.3. The van der Waals surface area contributed by atoms with Crippen molar-refractivity contribution in [1.29, 1.82) is 0 Å². The normalized spacial score (nSPS) is 15.8. The molecule has 5 unspecified atom stereocenters. The Kier molecular flexibility index (Phi) is 12.8. The average Bonchev–Trinajstić information content (AvgIpc) is 2.65. The second kappa shape index (κ2) is 13.8. The molecule has 0 rings (SSSR count). The van der Waals surface area contributed by atoms with E-state index in [1.165, 1.54) is 18.7 Å². The van der Waals surface area contributed by atoms with Crippen LogP contribution in [0.3, 0.4) is 0 Å². The molecule has 12 nitrogen and oxygen atoms in total. The lowest BCUT2D eigenvalue weighted by Crippen LogP contribution is -2.61. The van der Waals surface area contributed by atoms with Crippen molar-refractivity contribution in [2.24, 2.45) is 17.4 Å². The Balaban J connectivity index is 5.31. The molecule has 0 bridgehead atoms. The van der Waals surface area contributed by atoms with Gasteiger partial charge in [0.1, 0.15) is 18.1 Å². The van der Waals surface area contributed by atoms with Gasteiger partial charge in [0.05, 0.1) is 18.6 Å². The predicted molar refractivity (Wildman–Crippen MR) is 115 cm³/mol. The van der Waals surface area contributed by atoms with Gasteiger partial charge in [-0.1, -0.05) is 13.8 Å². The summed E-state index contributed by atoms with van der Waals surface area (Å²) in [4.78, 5) is 59.7. The van der Waals surface area contributed by atoms with Crippen LogP contribution in [0.4, 0.5) is 0 Å². The van der Waals surface area contributed by atoms with Crippen molar-refractivity contribution < 1.29 is 34.2 Å². The van der Waals surface area contributed by atoms with E-state index in [-0.39, 0.29) is 6.42 Å². The Morgan fingerprint density at radius 1 is 0.935 bits per heavy atom. The van der Waals surface area contributed by atoms with Crippen LogP contribution >= 0.6 is 11.8 Å². The second-order valence-electron chi connectivity index (χ2n) is 7.41. The maximum absolute atomic E-state index is 12.7. The zero-order chi connectivity index (χ0) is 24.3. The lowest BCUT2D eigenvalue weighted by atomic mass is 10.0. The quantitative estimate of drug-likeness (QED) is 0.145. The van der Waals surface area contributed by atoms with Crippen molar-refractivity contribution in [3.05, 3.63) is 0 Å². The first-order valence-corrected chi connectivity index (χ1v) is 11.1. The molecule has 0 aliphatic heterocycles. The third-order valence-electron chi connectivity index (χ3n) is 4.29. The van der Waals surface area contributed by atoms with Crippen molar-refractivity contribution in [2.45, 2.75) is 63.9 Å². The van der Waals surface area contributed by atoms with Crippen LogP contribution in [0, 0.1) is 5.92 Å². The van der Waals surface area contributed by atoms with Crippen LogP contribution in [0.15, 0.2) is 0 Å². The molecule has 13 heteroatoms. The Hall–Kier alpha value is -2.38. The molecule has 0 saturated carbocycles. The molecule has 0 saturated heterocycles. The molecular formula is C18H33N5O7S. The van der Waals surface area contributed by atoms with Crippen molar-refractivity contribution in [1.82, 2.24) is 16.0 Å². The monoisotopic (exact) mass is 463 g/mol. The predicted octanol–water partition coefficient (Wildman–Crippen LogP) is -2.48. The number of carbonyl (C=O) groups is 5. The van der Waals surface area contributed by atoms with Crippen LogP contribution in [-0.4, -0.2) is 82.1 Å². The van der Waals surface area contributed by atoms with Gasteiger partial charge in [0.2, 0.25) is 23.6 Å². The van der Waals surface area contributed by atoms with E-state index >= 15 is 0 Å². The first kappa shape index (κ1) is 28.6. The van der Waals surface area contributed by atoms with Crippen molar-refractivity contribution in [2.75, 3.05) is 12.0 Å². The summed E-state index contributed by atoms with van der Waals surface area (Å²) in [7, 11) is 0. The van der Waals surface area contributed by atoms with Gasteiger partial charge in [0.25, 0.3) is 0 Å². The van der Waals surface area contributed by atoms with E-state index in [0.717, 1.165) is 0 Å². The van der Waals surface area contributed by atoms with Gasteiger partial charge in [-0.15, -0.1) is 0 Å². The largest absolute Gasteiger partial charge is 0.480 e. The number of hydrogen-bond acceptors (Lipinski definition) is 8.